The molecule has 3 aromatic carbocycles. The first-order valence-corrected chi connectivity index (χ1v) is 9.52. The third kappa shape index (κ3) is 5.26. The lowest BCUT2D eigenvalue weighted by Crippen LogP contribution is -2.21. The average molecular weight is 398 g/mol. The summed E-state index contributed by atoms with van der Waals surface area (Å²) in [6.45, 7) is 1.32. The number of nitrogens with one attached hydrogen (secondary N) is 1. The summed E-state index contributed by atoms with van der Waals surface area (Å²) >= 11 is 6.23. The minimum absolute atomic E-state index is 0.347. The number of aliphatic hydroxyl groups excluding tert-OH is 1. The van der Waals surface area contributed by atoms with Crippen LogP contribution in [0.5, 0.6) is 11.5 Å². The van der Waals surface area contributed by atoms with Gasteiger partial charge in [-0.2, -0.15) is 0 Å². The second-order valence-corrected chi connectivity index (χ2v) is 6.79. The molecule has 0 spiro atoms. The van der Waals surface area contributed by atoms with Gasteiger partial charge in [0.15, 0.2) is 11.5 Å². The molecule has 0 aliphatic rings. The summed E-state index contributed by atoms with van der Waals surface area (Å²) in [5.74, 6) is 1.33. The Balaban J connectivity index is 1.66. The van der Waals surface area contributed by atoms with E-state index in [9.17, 15) is 5.11 Å². The van der Waals surface area contributed by atoms with E-state index in [0.29, 0.717) is 36.2 Å². The Morgan fingerprint density at radius 3 is 2.39 bits per heavy atom. The molecule has 0 fully saturated rings. The molecule has 0 heterocycles. The summed E-state index contributed by atoms with van der Waals surface area (Å²) in [4.78, 5) is 0. The van der Waals surface area contributed by atoms with Gasteiger partial charge in [-0.1, -0.05) is 72.3 Å². The van der Waals surface area contributed by atoms with Crippen LogP contribution in [-0.4, -0.2) is 18.8 Å². The molecule has 1 atom stereocenters. The first-order valence-electron chi connectivity index (χ1n) is 9.15. The van der Waals surface area contributed by atoms with Crippen molar-refractivity contribution in [2.24, 2.45) is 0 Å². The van der Waals surface area contributed by atoms with Crippen molar-refractivity contribution in [2.75, 3.05) is 13.7 Å². The number of para-hydroxylation sites is 1. The summed E-state index contributed by atoms with van der Waals surface area (Å²) in [6.07, 6.45) is -0.570. The Bertz CT molecular complexity index is 886. The Morgan fingerprint density at radius 2 is 1.64 bits per heavy atom. The van der Waals surface area contributed by atoms with Crippen molar-refractivity contribution < 1.29 is 14.6 Å². The normalized spacial score (nSPS) is 11.8. The molecule has 2 N–H and O–H groups in total. The number of hydrogen-bond acceptors (Lipinski definition) is 4. The molecule has 146 valence electrons. The van der Waals surface area contributed by atoms with Crippen LogP contribution in [0, 0.1) is 0 Å². The van der Waals surface area contributed by atoms with Crippen LogP contribution in [0.25, 0.3) is 0 Å². The fourth-order valence-corrected chi connectivity index (χ4v) is 3.12. The molecule has 3 aromatic rings. The van der Waals surface area contributed by atoms with Crippen LogP contribution in [0.2, 0.25) is 5.02 Å². The van der Waals surface area contributed by atoms with E-state index in [0.717, 1.165) is 16.7 Å². The van der Waals surface area contributed by atoms with Crippen LogP contribution < -0.4 is 14.8 Å². The maximum absolute atomic E-state index is 10.3. The molecule has 0 amide bonds. The number of hydrogen-bond donors (Lipinski definition) is 2. The highest BCUT2D eigenvalue weighted by Gasteiger charge is 2.13. The molecule has 0 aliphatic carbocycles. The highest BCUT2D eigenvalue weighted by Crippen LogP contribution is 2.32. The predicted molar refractivity (Wildman–Crippen MR) is 112 cm³/mol. The van der Waals surface area contributed by atoms with Crippen molar-refractivity contribution in [3.05, 3.63) is 94.5 Å². The van der Waals surface area contributed by atoms with Crippen molar-refractivity contribution in [3.8, 4) is 11.5 Å². The summed E-state index contributed by atoms with van der Waals surface area (Å²) in [6, 6.07) is 23.0. The van der Waals surface area contributed by atoms with E-state index < -0.39 is 6.10 Å². The zero-order valence-corrected chi connectivity index (χ0v) is 16.5. The van der Waals surface area contributed by atoms with E-state index >= 15 is 0 Å². The first-order chi connectivity index (χ1) is 13.7. The summed E-state index contributed by atoms with van der Waals surface area (Å²) in [5.41, 5.74) is 2.75. The van der Waals surface area contributed by atoms with Gasteiger partial charge in [0.2, 0.25) is 0 Å². The molecule has 3 rings (SSSR count). The van der Waals surface area contributed by atoms with Crippen LogP contribution in [0.3, 0.4) is 0 Å². The van der Waals surface area contributed by atoms with Crippen molar-refractivity contribution in [1.29, 1.82) is 0 Å². The van der Waals surface area contributed by atoms with Gasteiger partial charge in [0.1, 0.15) is 6.61 Å². The Morgan fingerprint density at radius 1 is 0.929 bits per heavy atom. The lowest BCUT2D eigenvalue weighted by molar-refractivity contribution is 0.174. The Kier molecular flexibility index (Phi) is 7.31. The highest BCUT2D eigenvalue weighted by molar-refractivity contribution is 6.31. The van der Waals surface area contributed by atoms with Crippen molar-refractivity contribution in [2.45, 2.75) is 19.3 Å². The smallest absolute Gasteiger partial charge is 0.166 e. The van der Waals surface area contributed by atoms with Gasteiger partial charge >= 0.3 is 0 Å². The van der Waals surface area contributed by atoms with Gasteiger partial charge in [-0.25, -0.2) is 0 Å². The molecule has 0 aromatic heterocycles. The topological polar surface area (TPSA) is 50.7 Å². The lowest BCUT2D eigenvalue weighted by Gasteiger charge is -2.17. The van der Waals surface area contributed by atoms with Gasteiger partial charge in [0.05, 0.1) is 13.2 Å². The number of aliphatic hydroxyl groups is 1. The molecule has 0 saturated carbocycles. The summed E-state index contributed by atoms with van der Waals surface area (Å²) in [7, 11) is 1.62. The van der Waals surface area contributed by atoms with E-state index in [2.05, 4.69) is 5.32 Å². The van der Waals surface area contributed by atoms with E-state index in [4.69, 9.17) is 21.1 Å². The number of methoxy groups -OCH3 is 1. The minimum Gasteiger partial charge on any atom is -0.493 e. The fraction of sp³-hybridized carbons (Fsp3) is 0.217. The third-order valence-electron chi connectivity index (χ3n) is 4.45. The maximum Gasteiger partial charge on any atom is 0.166 e. The van der Waals surface area contributed by atoms with Crippen LogP contribution in [0.1, 0.15) is 22.8 Å². The molecular formula is C23H24ClNO3. The number of rotatable bonds is 9. The van der Waals surface area contributed by atoms with E-state index in [-0.39, 0.29) is 0 Å². The Hall–Kier alpha value is -2.53. The molecule has 0 saturated heterocycles. The van der Waals surface area contributed by atoms with Gasteiger partial charge in [0, 0.05) is 29.2 Å². The molecule has 5 heteroatoms. The van der Waals surface area contributed by atoms with Crippen LogP contribution in [-0.2, 0) is 13.2 Å². The van der Waals surface area contributed by atoms with Gasteiger partial charge in [0.25, 0.3) is 0 Å². The van der Waals surface area contributed by atoms with Crippen LogP contribution >= 0.6 is 11.6 Å². The predicted octanol–water partition coefficient (Wildman–Crippen LogP) is 4.75. The van der Waals surface area contributed by atoms with E-state index in [1.54, 1.807) is 7.11 Å². The van der Waals surface area contributed by atoms with E-state index in [1.807, 2.05) is 72.8 Å². The van der Waals surface area contributed by atoms with E-state index in [1.165, 1.54) is 0 Å². The monoisotopic (exact) mass is 397 g/mol. The second kappa shape index (κ2) is 10.1. The molecule has 1 unspecified atom stereocenters. The SMILES string of the molecule is COc1cccc(CNCC(O)c2ccccc2)c1OCc1ccccc1Cl. The van der Waals surface area contributed by atoms with Crippen molar-refractivity contribution in [3.63, 3.8) is 0 Å². The first kappa shape index (κ1) is 20.2. The molecule has 0 radical (unpaired) electrons. The van der Waals surface area contributed by atoms with Gasteiger partial charge in [-0.15, -0.1) is 0 Å². The molecule has 28 heavy (non-hydrogen) atoms. The molecule has 0 bridgehead atoms. The lowest BCUT2D eigenvalue weighted by atomic mass is 10.1. The summed E-state index contributed by atoms with van der Waals surface area (Å²) < 4.78 is 11.5. The molecular weight excluding hydrogens is 374 g/mol. The number of ether oxygens (including phenoxy) is 2. The van der Waals surface area contributed by atoms with Crippen molar-refractivity contribution >= 4 is 11.6 Å². The standard InChI is InChI=1S/C23H24ClNO3/c1-27-22-13-7-11-18(14-25-15-21(26)17-8-3-2-4-9-17)23(22)28-16-19-10-5-6-12-20(19)24/h2-13,21,25-26H,14-16H2,1H3. The second-order valence-electron chi connectivity index (χ2n) is 6.39. The quantitative estimate of drug-likeness (QED) is 0.547. The number of halogens is 1. The van der Waals surface area contributed by atoms with Gasteiger partial charge < -0.3 is 19.9 Å². The van der Waals surface area contributed by atoms with Gasteiger partial charge in [-0.3, -0.25) is 0 Å². The largest absolute Gasteiger partial charge is 0.493 e. The average Bonchev–Trinajstić information content (AvgIpc) is 2.74. The minimum atomic E-state index is -0.570. The van der Waals surface area contributed by atoms with Crippen molar-refractivity contribution in [1.82, 2.24) is 5.32 Å². The fourth-order valence-electron chi connectivity index (χ4n) is 2.93. The maximum atomic E-state index is 10.3. The van der Waals surface area contributed by atoms with Gasteiger partial charge in [-0.05, 0) is 17.7 Å². The zero-order chi connectivity index (χ0) is 19.8. The summed E-state index contributed by atoms with van der Waals surface area (Å²) in [5, 5.41) is 14.3. The van der Waals surface area contributed by atoms with Crippen LogP contribution in [0.15, 0.2) is 72.8 Å². The number of benzene rings is 3. The molecule has 4 nitrogen and oxygen atoms in total. The highest BCUT2D eigenvalue weighted by atomic mass is 35.5. The molecule has 0 aliphatic heterocycles. The van der Waals surface area contributed by atoms with Crippen LogP contribution in [0.4, 0.5) is 0 Å². The zero-order valence-electron chi connectivity index (χ0n) is 15.8. The Labute approximate surface area is 170 Å². The third-order valence-corrected chi connectivity index (χ3v) is 4.82.